The van der Waals surface area contributed by atoms with E-state index in [0.717, 1.165) is 17.6 Å². The summed E-state index contributed by atoms with van der Waals surface area (Å²) < 4.78 is 0. The summed E-state index contributed by atoms with van der Waals surface area (Å²) in [5, 5.41) is 29.2. The van der Waals surface area contributed by atoms with Gasteiger partial charge < -0.3 is 20.2 Å². The molecule has 1 aromatic heterocycles. The Bertz CT molecular complexity index is 849. The third kappa shape index (κ3) is 4.38. The number of aromatic nitrogens is 1. The number of carbonyl (C=O) groups is 1. The average Bonchev–Trinajstić information content (AvgIpc) is 2.74. The summed E-state index contributed by atoms with van der Waals surface area (Å²) in [6.07, 6.45) is 4.76. The van der Waals surface area contributed by atoms with E-state index >= 15 is 0 Å². The van der Waals surface area contributed by atoms with Crippen LogP contribution >= 0.6 is 0 Å². The lowest BCUT2D eigenvalue weighted by Crippen LogP contribution is -2.59. The second-order valence-electron chi connectivity index (χ2n) is 6.56. The van der Waals surface area contributed by atoms with Crippen molar-refractivity contribution in [1.82, 2.24) is 15.2 Å². The van der Waals surface area contributed by atoms with Gasteiger partial charge in [-0.25, -0.2) is 0 Å². The Balaban J connectivity index is 1.72. The molecule has 1 unspecified atom stereocenters. The molecule has 2 heterocycles. The Kier molecular flexibility index (Phi) is 6.07. The topological polar surface area (TPSA) is 116 Å². The molecule has 1 fully saturated rings. The molecule has 2 atom stereocenters. The standard InChI is InChI=1S/C20H22N6O2/c21-12-17-13-25(16-5-7-23-8-6-16)9-10-26(17)20(28)19(24-14-22)11-15-1-3-18(27)4-2-15/h1-8,14,17,19,27H,9-11,13H2,(H2,22,24)/t17?,19-/m1/s1. The third-order valence-corrected chi connectivity index (χ3v) is 4.80. The second kappa shape index (κ2) is 8.86. The molecule has 3 N–H and O–H groups in total. The lowest BCUT2D eigenvalue weighted by Gasteiger charge is -2.40. The van der Waals surface area contributed by atoms with Gasteiger partial charge in [-0.1, -0.05) is 12.1 Å². The van der Waals surface area contributed by atoms with Gasteiger partial charge in [-0.05, 0) is 29.8 Å². The molecule has 28 heavy (non-hydrogen) atoms. The number of hydrogen-bond acceptors (Lipinski definition) is 6. The smallest absolute Gasteiger partial charge is 0.246 e. The Labute approximate surface area is 163 Å². The number of phenolic OH excluding ortho intramolecular Hbond substituents is 1. The van der Waals surface area contributed by atoms with Crippen molar-refractivity contribution in [2.24, 2.45) is 0 Å². The van der Waals surface area contributed by atoms with E-state index in [1.807, 2.05) is 12.1 Å². The van der Waals surface area contributed by atoms with Gasteiger partial charge in [0.05, 0.1) is 19.0 Å². The van der Waals surface area contributed by atoms with E-state index in [4.69, 9.17) is 5.41 Å². The number of nitrogens with one attached hydrogen (secondary N) is 2. The predicted octanol–water partition coefficient (Wildman–Crippen LogP) is 1.14. The molecule has 0 spiro atoms. The lowest BCUT2D eigenvalue weighted by molar-refractivity contribution is -0.134. The molecule has 0 saturated carbocycles. The molecular formula is C20H22N6O2. The second-order valence-corrected chi connectivity index (χ2v) is 6.56. The zero-order chi connectivity index (χ0) is 19.9. The van der Waals surface area contributed by atoms with Crippen LogP contribution in [0.15, 0.2) is 48.8 Å². The molecule has 0 bridgehead atoms. The van der Waals surface area contributed by atoms with E-state index in [1.165, 1.54) is 0 Å². The van der Waals surface area contributed by atoms with Crippen LogP contribution in [-0.4, -0.2) is 59.0 Å². The van der Waals surface area contributed by atoms with Gasteiger partial charge in [-0.2, -0.15) is 5.26 Å². The summed E-state index contributed by atoms with van der Waals surface area (Å²) in [7, 11) is 0. The first-order chi connectivity index (χ1) is 13.6. The minimum atomic E-state index is -0.648. The molecule has 1 amide bonds. The van der Waals surface area contributed by atoms with E-state index in [-0.39, 0.29) is 11.7 Å². The number of pyridine rings is 1. The van der Waals surface area contributed by atoms with Crippen molar-refractivity contribution in [2.45, 2.75) is 18.5 Å². The van der Waals surface area contributed by atoms with E-state index in [0.29, 0.717) is 26.1 Å². The predicted molar refractivity (Wildman–Crippen MR) is 105 cm³/mol. The molecule has 1 aliphatic heterocycles. The fraction of sp³-hybridized carbons (Fsp3) is 0.300. The molecule has 1 aliphatic rings. The van der Waals surface area contributed by atoms with Crippen LogP contribution in [-0.2, 0) is 11.2 Å². The number of piperazine rings is 1. The number of aromatic hydroxyl groups is 1. The largest absolute Gasteiger partial charge is 0.508 e. The summed E-state index contributed by atoms with van der Waals surface area (Å²) in [4.78, 5) is 20.8. The third-order valence-electron chi connectivity index (χ3n) is 4.80. The number of amides is 1. The van der Waals surface area contributed by atoms with Crippen molar-refractivity contribution in [3.05, 3.63) is 54.4 Å². The molecule has 1 saturated heterocycles. The highest BCUT2D eigenvalue weighted by Gasteiger charge is 2.34. The van der Waals surface area contributed by atoms with Crippen LogP contribution in [0, 0.1) is 16.7 Å². The Morgan fingerprint density at radius 3 is 2.68 bits per heavy atom. The first kappa shape index (κ1) is 19.2. The van der Waals surface area contributed by atoms with Gasteiger partial charge in [0, 0.05) is 37.6 Å². The van der Waals surface area contributed by atoms with Crippen LogP contribution in [0.2, 0.25) is 0 Å². The first-order valence-corrected chi connectivity index (χ1v) is 9.00. The van der Waals surface area contributed by atoms with E-state index < -0.39 is 12.1 Å². The minimum absolute atomic E-state index is 0.156. The minimum Gasteiger partial charge on any atom is -0.508 e. The maximum absolute atomic E-state index is 13.1. The van der Waals surface area contributed by atoms with Crippen molar-refractivity contribution in [3.63, 3.8) is 0 Å². The molecule has 1 aromatic carbocycles. The van der Waals surface area contributed by atoms with Crippen molar-refractivity contribution < 1.29 is 9.90 Å². The molecule has 8 nitrogen and oxygen atoms in total. The zero-order valence-electron chi connectivity index (χ0n) is 15.3. The van der Waals surface area contributed by atoms with Crippen LogP contribution in [0.3, 0.4) is 0 Å². The van der Waals surface area contributed by atoms with Crippen molar-refractivity contribution in [2.75, 3.05) is 24.5 Å². The van der Waals surface area contributed by atoms with E-state index in [9.17, 15) is 15.2 Å². The van der Waals surface area contributed by atoms with Crippen molar-refractivity contribution >= 4 is 17.9 Å². The van der Waals surface area contributed by atoms with Gasteiger partial charge in [0.15, 0.2) is 0 Å². The number of nitriles is 1. The lowest BCUT2D eigenvalue weighted by atomic mass is 10.0. The molecule has 0 radical (unpaired) electrons. The Morgan fingerprint density at radius 1 is 1.32 bits per heavy atom. The highest BCUT2D eigenvalue weighted by molar-refractivity contribution is 5.85. The SMILES string of the molecule is N#CC1CN(c2ccncc2)CCN1C(=O)[C@@H](Cc1ccc(O)cc1)NC=N. The number of benzene rings is 1. The summed E-state index contributed by atoms with van der Waals surface area (Å²) in [6, 6.07) is 11.4. The average molecular weight is 378 g/mol. The quantitative estimate of drug-likeness (QED) is 0.513. The Hall–Kier alpha value is -3.60. The summed E-state index contributed by atoms with van der Waals surface area (Å²) in [5.74, 6) is -0.0547. The fourth-order valence-electron chi connectivity index (χ4n) is 3.33. The maximum Gasteiger partial charge on any atom is 0.246 e. The molecule has 144 valence electrons. The number of anilines is 1. The van der Waals surface area contributed by atoms with Gasteiger partial charge in [-0.15, -0.1) is 0 Å². The molecule has 0 aliphatic carbocycles. The monoisotopic (exact) mass is 378 g/mol. The summed E-state index contributed by atoms with van der Waals surface area (Å²) >= 11 is 0. The van der Waals surface area contributed by atoms with Crippen LogP contribution in [0.25, 0.3) is 0 Å². The number of phenols is 1. The Morgan fingerprint density at radius 2 is 2.04 bits per heavy atom. The maximum atomic E-state index is 13.1. The van der Waals surface area contributed by atoms with Crippen LogP contribution < -0.4 is 10.2 Å². The van der Waals surface area contributed by atoms with E-state index in [2.05, 4.69) is 21.3 Å². The summed E-state index contributed by atoms with van der Waals surface area (Å²) in [6.45, 7) is 1.46. The molecule has 3 rings (SSSR count). The molecule has 8 heteroatoms. The number of carbonyl (C=O) groups excluding carboxylic acids is 1. The van der Waals surface area contributed by atoms with Crippen molar-refractivity contribution in [3.8, 4) is 11.8 Å². The van der Waals surface area contributed by atoms with Gasteiger partial charge in [0.25, 0.3) is 0 Å². The van der Waals surface area contributed by atoms with Crippen LogP contribution in [0.5, 0.6) is 5.75 Å². The van der Waals surface area contributed by atoms with Gasteiger partial charge in [0.1, 0.15) is 17.8 Å². The highest BCUT2D eigenvalue weighted by atomic mass is 16.3. The van der Waals surface area contributed by atoms with Crippen LogP contribution in [0.4, 0.5) is 5.69 Å². The zero-order valence-corrected chi connectivity index (χ0v) is 15.3. The molecule has 2 aromatic rings. The van der Waals surface area contributed by atoms with Gasteiger partial charge >= 0.3 is 0 Å². The van der Waals surface area contributed by atoms with Crippen LogP contribution in [0.1, 0.15) is 5.56 Å². The van der Waals surface area contributed by atoms with Gasteiger partial charge in [0.2, 0.25) is 5.91 Å². The highest BCUT2D eigenvalue weighted by Crippen LogP contribution is 2.20. The normalized spacial score (nSPS) is 17.5. The number of nitrogens with zero attached hydrogens (tertiary/aromatic N) is 4. The fourth-order valence-corrected chi connectivity index (χ4v) is 3.33. The van der Waals surface area contributed by atoms with E-state index in [1.54, 1.807) is 41.6 Å². The molecular weight excluding hydrogens is 356 g/mol. The first-order valence-electron chi connectivity index (χ1n) is 9.00. The van der Waals surface area contributed by atoms with Gasteiger partial charge in [-0.3, -0.25) is 15.2 Å². The number of hydrogen-bond donors (Lipinski definition) is 3. The summed E-state index contributed by atoms with van der Waals surface area (Å²) in [5.41, 5.74) is 1.83. The van der Waals surface area contributed by atoms with Crippen molar-refractivity contribution in [1.29, 1.82) is 10.7 Å². The number of rotatable bonds is 6.